The molecule has 11 heteroatoms. The van der Waals surface area contributed by atoms with Crippen molar-refractivity contribution >= 4 is 50.7 Å². The molecule has 0 aliphatic rings. The molecule has 0 saturated carbocycles. The van der Waals surface area contributed by atoms with Crippen molar-refractivity contribution in [1.29, 1.82) is 0 Å². The van der Waals surface area contributed by atoms with E-state index >= 15 is 0 Å². The van der Waals surface area contributed by atoms with Crippen LogP contribution < -0.4 is 10.6 Å². The number of benzene rings is 2. The van der Waals surface area contributed by atoms with Crippen LogP contribution in [0.5, 0.6) is 0 Å². The van der Waals surface area contributed by atoms with Crippen LogP contribution >= 0.6 is 12.2 Å². The van der Waals surface area contributed by atoms with Crippen molar-refractivity contribution in [2.45, 2.75) is 31.6 Å². The Balaban J connectivity index is 1.98. The zero-order valence-corrected chi connectivity index (χ0v) is 20.0. The Bertz CT molecular complexity index is 1130. The van der Waals surface area contributed by atoms with Gasteiger partial charge < -0.3 is 5.32 Å². The van der Waals surface area contributed by atoms with Gasteiger partial charge in [-0.1, -0.05) is 26.0 Å². The first-order chi connectivity index (χ1) is 15.7. The molecular formula is C22H26N4O5S2. The summed E-state index contributed by atoms with van der Waals surface area (Å²) in [5.41, 5.74) is 0.933. The Kier molecular flexibility index (Phi) is 9.64. The van der Waals surface area contributed by atoms with E-state index in [-0.39, 0.29) is 15.7 Å². The lowest BCUT2D eigenvalue weighted by Crippen LogP contribution is -2.33. The topological polar surface area (TPSA) is 122 Å². The number of nitro benzene ring substituents is 1. The van der Waals surface area contributed by atoms with Gasteiger partial charge >= 0.3 is 0 Å². The molecule has 33 heavy (non-hydrogen) atoms. The molecule has 2 rings (SSSR count). The van der Waals surface area contributed by atoms with Crippen molar-refractivity contribution in [1.82, 2.24) is 9.62 Å². The highest BCUT2D eigenvalue weighted by atomic mass is 32.2. The molecular weight excluding hydrogens is 464 g/mol. The minimum Gasteiger partial charge on any atom is -0.332 e. The number of hydrogen-bond acceptors (Lipinski definition) is 6. The van der Waals surface area contributed by atoms with E-state index < -0.39 is 20.9 Å². The maximum absolute atomic E-state index is 12.8. The highest BCUT2D eigenvalue weighted by Crippen LogP contribution is 2.19. The smallest absolute Gasteiger partial charge is 0.270 e. The number of rotatable bonds is 10. The Morgan fingerprint density at radius 3 is 2.33 bits per heavy atom. The van der Waals surface area contributed by atoms with E-state index in [1.165, 1.54) is 46.8 Å². The SMILES string of the molecule is CCCN(CCC)S(=O)(=O)c1ccc(NC(=S)NC(=O)/C=C/c2cccc([N+](=O)[O-])c2)cc1. The van der Waals surface area contributed by atoms with Crippen LogP contribution in [0, 0.1) is 10.1 Å². The number of amides is 1. The Labute approximate surface area is 198 Å². The van der Waals surface area contributed by atoms with Crippen LogP contribution in [-0.2, 0) is 14.8 Å². The Morgan fingerprint density at radius 1 is 1.12 bits per heavy atom. The molecule has 2 N–H and O–H groups in total. The van der Waals surface area contributed by atoms with Crippen molar-refractivity contribution in [3.63, 3.8) is 0 Å². The number of hydrogen-bond donors (Lipinski definition) is 2. The van der Waals surface area contributed by atoms with Crippen LogP contribution in [0.1, 0.15) is 32.3 Å². The van der Waals surface area contributed by atoms with Gasteiger partial charge in [-0.2, -0.15) is 4.31 Å². The van der Waals surface area contributed by atoms with Gasteiger partial charge in [0.25, 0.3) is 5.69 Å². The average Bonchev–Trinajstić information content (AvgIpc) is 2.78. The summed E-state index contributed by atoms with van der Waals surface area (Å²) in [5.74, 6) is -0.520. The summed E-state index contributed by atoms with van der Waals surface area (Å²) >= 11 is 5.12. The minimum atomic E-state index is -3.58. The number of non-ortho nitro benzene ring substituents is 1. The van der Waals surface area contributed by atoms with Crippen LogP contribution in [-0.4, -0.2) is 41.8 Å². The molecule has 0 radical (unpaired) electrons. The van der Waals surface area contributed by atoms with Crippen LogP contribution in [0.15, 0.2) is 59.5 Å². The summed E-state index contributed by atoms with van der Waals surface area (Å²) in [4.78, 5) is 22.6. The van der Waals surface area contributed by atoms with Gasteiger partial charge in [0.05, 0.1) is 9.82 Å². The van der Waals surface area contributed by atoms with Crippen molar-refractivity contribution in [2.75, 3.05) is 18.4 Å². The highest BCUT2D eigenvalue weighted by molar-refractivity contribution is 7.89. The number of nitrogens with one attached hydrogen (secondary N) is 2. The first kappa shape index (κ1) is 26.1. The molecule has 2 aromatic rings. The normalized spacial score (nSPS) is 11.5. The van der Waals surface area contributed by atoms with Crippen LogP contribution in [0.4, 0.5) is 11.4 Å². The third-order valence-corrected chi connectivity index (χ3v) is 6.56. The molecule has 0 unspecified atom stereocenters. The lowest BCUT2D eigenvalue weighted by Gasteiger charge is -2.21. The van der Waals surface area contributed by atoms with Crippen molar-refractivity contribution < 1.29 is 18.1 Å². The quantitative estimate of drug-likeness (QED) is 0.224. The monoisotopic (exact) mass is 490 g/mol. The number of anilines is 1. The highest BCUT2D eigenvalue weighted by Gasteiger charge is 2.22. The fourth-order valence-corrected chi connectivity index (χ4v) is 4.78. The summed E-state index contributed by atoms with van der Waals surface area (Å²) in [6.45, 7) is 4.77. The van der Waals surface area contributed by atoms with E-state index in [4.69, 9.17) is 12.2 Å². The van der Waals surface area contributed by atoms with E-state index in [9.17, 15) is 23.3 Å². The second kappa shape index (κ2) is 12.2. The molecule has 1 amide bonds. The molecule has 0 saturated heterocycles. The summed E-state index contributed by atoms with van der Waals surface area (Å²) in [7, 11) is -3.58. The molecule has 0 aliphatic heterocycles. The van der Waals surface area contributed by atoms with E-state index in [1.54, 1.807) is 18.2 Å². The third kappa shape index (κ3) is 7.74. The van der Waals surface area contributed by atoms with Gasteiger partial charge in [0, 0.05) is 37.0 Å². The number of nitro groups is 1. The number of carbonyl (C=O) groups is 1. The number of carbonyl (C=O) groups excluding carboxylic acids is 1. The van der Waals surface area contributed by atoms with Gasteiger partial charge in [0.2, 0.25) is 15.9 Å². The van der Waals surface area contributed by atoms with Gasteiger partial charge in [-0.05, 0) is 61.0 Å². The van der Waals surface area contributed by atoms with Crippen molar-refractivity contribution in [3.8, 4) is 0 Å². The second-order valence-corrected chi connectivity index (χ2v) is 9.40. The molecule has 9 nitrogen and oxygen atoms in total. The summed E-state index contributed by atoms with van der Waals surface area (Å²) in [5, 5.41) is 16.1. The Morgan fingerprint density at radius 2 is 1.76 bits per heavy atom. The summed E-state index contributed by atoms with van der Waals surface area (Å²) in [6.07, 6.45) is 4.09. The fourth-order valence-electron chi connectivity index (χ4n) is 2.94. The van der Waals surface area contributed by atoms with Gasteiger partial charge in [0.15, 0.2) is 5.11 Å². The molecule has 0 spiro atoms. The van der Waals surface area contributed by atoms with Gasteiger partial charge in [-0.15, -0.1) is 0 Å². The van der Waals surface area contributed by atoms with Gasteiger partial charge in [0.1, 0.15) is 0 Å². The van der Waals surface area contributed by atoms with Crippen LogP contribution in [0.25, 0.3) is 6.08 Å². The van der Waals surface area contributed by atoms with Crippen molar-refractivity contribution in [2.24, 2.45) is 0 Å². The molecule has 0 fully saturated rings. The van der Waals surface area contributed by atoms with E-state index in [1.807, 2.05) is 13.8 Å². The predicted molar refractivity (Wildman–Crippen MR) is 132 cm³/mol. The van der Waals surface area contributed by atoms with Crippen molar-refractivity contribution in [3.05, 3.63) is 70.3 Å². The van der Waals surface area contributed by atoms with Gasteiger partial charge in [-0.25, -0.2) is 8.42 Å². The molecule has 0 atom stereocenters. The standard InChI is InChI=1S/C22H26N4O5S2/c1-3-14-25(15-4-2)33(30,31)20-11-9-18(10-12-20)23-22(32)24-21(27)13-8-17-6-5-7-19(16-17)26(28)29/h5-13,16H,3-4,14-15H2,1-2H3,(H2,23,24,27,32)/b13-8+. The zero-order chi connectivity index (χ0) is 24.4. The number of sulfonamides is 1. The number of nitrogens with zero attached hydrogens (tertiary/aromatic N) is 2. The second-order valence-electron chi connectivity index (χ2n) is 7.06. The van der Waals surface area contributed by atoms with Gasteiger partial charge in [-0.3, -0.25) is 20.2 Å². The predicted octanol–water partition coefficient (Wildman–Crippen LogP) is 3.93. The number of thiocarbonyl (C=S) groups is 1. The molecule has 0 heterocycles. The van der Waals surface area contributed by atoms with E-state index in [0.717, 1.165) is 12.8 Å². The average molecular weight is 491 g/mol. The molecule has 0 aliphatic carbocycles. The lowest BCUT2D eigenvalue weighted by atomic mass is 10.2. The minimum absolute atomic E-state index is 0.0258. The Hall–Kier alpha value is -3.15. The van der Waals surface area contributed by atoms with Crippen LogP contribution in [0.3, 0.4) is 0 Å². The summed E-state index contributed by atoms with van der Waals surface area (Å²) < 4.78 is 27.1. The first-order valence-corrected chi connectivity index (χ1v) is 12.2. The summed E-state index contributed by atoms with van der Waals surface area (Å²) in [6, 6.07) is 12.0. The molecule has 0 bridgehead atoms. The third-order valence-electron chi connectivity index (χ3n) is 4.44. The maximum atomic E-state index is 12.8. The molecule has 176 valence electrons. The lowest BCUT2D eigenvalue weighted by molar-refractivity contribution is -0.384. The molecule has 2 aromatic carbocycles. The first-order valence-electron chi connectivity index (χ1n) is 10.3. The van der Waals surface area contributed by atoms with Crippen LogP contribution in [0.2, 0.25) is 0 Å². The molecule has 0 aromatic heterocycles. The fraction of sp³-hybridized carbons (Fsp3) is 0.273. The van der Waals surface area contributed by atoms with E-state index in [0.29, 0.717) is 24.3 Å². The largest absolute Gasteiger partial charge is 0.332 e. The zero-order valence-electron chi connectivity index (χ0n) is 18.4. The van der Waals surface area contributed by atoms with E-state index in [2.05, 4.69) is 10.6 Å². The maximum Gasteiger partial charge on any atom is 0.270 e.